The average Bonchev–Trinajstić information content (AvgIpc) is 2.38. The number of nitrogens with zero attached hydrogens (tertiary/aromatic N) is 1. The first-order valence-electron chi connectivity index (χ1n) is 5.62. The molecular weight excluding hydrogens is 218 g/mol. The third-order valence-electron chi connectivity index (χ3n) is 2.76. The first-order valence-corrected chi connectivity index (χ1v) is 5.62. The molecule has 5 heteroatoms. The van der Waals surface area contributed by atoms with Crippen LogP contribution in [0.2, 0.25) is 0 Å². The van der Waals surface area contributed by atoms with Gasteiger partial charge in [-0.2, -0.15) is 0 Å². The zero-order chi connectivity index (χ0) is 12.1. The second kappa shape index (κ2) is 5.45. The first-order chi connectivity index (χ1) is 8.25. The molecule has 0 saturated carbocycles. The molecule has 1 aromatic rings. The summed E-state index contributed by atoms with van der Waals surface area (Å²) in [6.45, 7) is 2.75. The lowest BCUT2D eigenvalue weighted by molar-refractivity contribution is -0.384. The molecule has 2 rings (SSSR count). The lowest BCUT2D eigenvalue weighted by Gasteiger charge is -2.15. The van der Waals surface area contributed by atoms with Gasteiger partial charge in [0.15, 0.2) is 0 Å². The van der Waals surface area contributed by atoms with Gasteiger partial charge in [-0.05, 0) is 25.1 Å². The van der Waals surface area contributed by atoms with Gasteiger partial charge >= 0.3 is 0 Å². The van der Waals surface area contributed by atoms with E-state index in [1.165, 1.54) is 17.7 Å². The molecule has 1 aliphatic rings. The Morgan fingerprint density at radius 1 is 1.35 bits per heavy atom. The van der Waals surface area contributed by atoms with Crippen LogP contribution in [0.5, 0.6) is 0 Å². The van der Waals surface area contributed by atoms with Crippen molar-refractivity contribution in [3.05, 3.63) is 46.0 Å². The number of hydrogen-bond donors (Lipinski definition) is 2. The van der Waals surface area contributed by atoms with E-state index in [9.17, 15) is 10.1 Å². The zero-order valence-corrected chi connectivity index (χ0v) is 9.48. The highest BCUT2D eigenvalue weighted by atomic mass is 16.6. The van der Waals surface area contributed by atoms with Crippen molar-refractivity contribution < 1.29 is 4.92 Å². The Kier molecular flexibility index (Phi) is 3.72. The van der Waals surface area contributed by atoms with E-state index in [0.29, 0.717) is 0 Å². The summed E-state index contributed by atoms with van der Waals surface area (Å²) in [6.07, 6.45) is 3.24. The molecule has 0 aromatic heterocycles. The molecule has 0 aliphatic carbocycles. The van der Waals surface area contributed by atoms with Crippen LogP contribution < -0.4 is 10.6 Å². The number of rotatable bonds is 4. The molecule has 1 aliphatic heterocycles. The van der Waals surface area contributed by atoms with Crippen LogP contribution in [-0.4, -0.2) is 24.6 Å². The molecule has 1 aromatic carbocycles. The van der Waals surface area contributed by atoms with Crippen LogP contribution in [0.15, 0.2) is 35.9 Å². The maximum absolute atomic E-state index is 10.5. The summed E-state index contributed by atoms with van der Waals surface area (Å²) in [5, 5.41) is 17.0. The fraction of sp³-hybridized carbons (Fsp3) is 0.333. The molecule has 0 radical (unpaired) electrons. The minimum Gasteiger partial charge on any atom is -0.381 e. The average molecular weight is 233 g/mol. The summed E-state index contributed by atoms with van der Waals surface area (Å²) in [6, 6.07) is 6.50. The predicted octanol–water partition coefficient (Wildman–Crippen LogP) is 1.93. The lowest BCUT2D eigenvalue weighted by Crippen LogP contribution is -2.23. The van der Waals surface area contributed by atoms with Gasteiger partial charge < -0.3 is 10.6 Å². The van der Waals surface area contributed by atoms with Gasteiger partial charge in [0.1, 0.15) is 0 Å². The van der Waals surface area contributed by atoms with E-state index < -0.39 is 0 Å². The number of anilines is 1. The second-order valence-electron chi connectivity index (χ2n) is 3.97. The standard InChI is InChI=1S/C12H15N3O2/c16-15(17)12-3-1-11(2-4-12)14-9-10-5-7-13-8-6-10/h1-5,13-14H,6-9H2. The van der Waals surface area contributed by atoms with Crippen molar-refractivity contribution in [3.8, 4) is 0 Å². The van der Waals surface area contributed by atoms with Gasteiger partial charge in [-0.25, -0.2) is 0 Å². The van der Waals surface area contributed by atoms with Gasteiger partial charge in [-0.1, -0.05) is 11.6 Å². The molecule has 17 heavy (non-hydrogen) atoms. The Hall–Kier alpha value is -1.88. The summed E-state index contributed by atoms with van der Waals surface area (Å²) in [4.78, 5) is 10.1. The van der Waals surface area contributed by atoms with Gasteiger partial charge in [-0.3, -0.25) is 10.1 Å². The van der Waals surface area contributed by atoms with E-state index in [0.717, 1.165) is 31.7 Å². The number of nitro benzene ring substituents is 1. The van der Waals surface area contributed by atoms with Crippen molar-refractivity contribution in [1.82, 2.24) is 5.32 Å². The number of benzene rings is 1. The zero-order valence-electron chi connectivity index (χ0n) is 9.48. The molecule has 0 spiro atoms. The van der Waals surface area contributed by atoms with E-state index in [4.69, 9.17) is 0 Å². The minimum atomic E-state index is -0.390. The number of nitrogens with one attached hydrogen (secondary N) is 2. The highest BCUT2D eigenvalue weighted by molar-refractivity contribution is 5.49. The Morgan fingerprint density at radius 3 is 2.71 bits per heavy atom. The molecule has 0 saturated heterocycles. The molecule has 0 amide bonds. The van der Waals surface area contributed by atoms with Crippen molar-refractivity contribution in [2.75, 3.05) is 25.0 Å². The molecule has 0 unspecified atom stereocenters. The van der Waals surface area contributed by atoms with Crippen molar-refractivity contribution >= 4 is 11.4 Å². The van der Waals surface area contributed by atoms with Crippen LogP contribution in [0.1, 0.15) is 6.42 Å². The van der Waals surface area contributed by atoms with Gasteiger partial charge in [0, 0.05) is 30.9 Å². The maximum Gasteiger partial charge on any atom is 0.269 e. The summed E-state index contributed by atoms with van der Waals surface area (Å²) >= 11 is 0. The van der Waals surface area contributed by atoms with Crippen LogP contribution in [-0.2, 0) is 0 Å². The molecule has 2 N–H and O–H groups in total. The first kappa shape index (κ1) is 11.6. The molecular formula is C12H15N3O2. The van der Waals surface area contributed by atoms with Gasteiger partial charge in [-0.15, -0.1) is 0 Å². The van der Waals surface area contributed by atoms with E-state index in [1.54, 1.807) is 12.1 Å². The monoisotopic (exact) mass is 233 g/mol. The number of non-ortho nitro benzene ring substituents is 1. The third kappa shape index (κ3) is 3.29. The van der Waals surface area contributed by atoms with E-state index in [1.807, 2.05) is 0 Å². The quantitative estimate of drug-likeness (QED) is 0.473. The van der Waals surface area contributed by atoms with Crippen LogP contribution in [0.25, 0.3) is 0 Å². The predicted molar refractivity (Wildman–Crippen MR) is 67.2 cm³/mol. The number of nitro groups is 1. The summed E-state index contributed by atoms with van der Waals surface area (Å²) in [5.74, 6) is 0. The van der Waals surface area contributed by atoms with Crippen molar-refractivity contribution in [2.45, 2.75) is 6.42 Å². The largest absolute Gasteiger partial charge is 0.381 e. The summed E-state index contributed by atoms with van der Waals surface area (Å²) in [5.41, 5.74) is 2.41. The third-order valence-corrected chi connectivity index (χ3v) is 2.76. The lowest BCUT2D eigenvalue weighted by atomic mass is 10.1. The summed E-state index contributed by atoms with van der Waals surface area (Å²) < 4.78 is 0. The molecule has 0 fully saturated rings. The molecule has 0 bridgehead atoms. The van der Waals surface area contributed by atoms with Crippen molar-refractivity contribution in [1.29, 1.82) is 0 Å². The van der Waals surface area contributed by atoms with E-state index >= 15 is 0 Å². The fourth-order valence-electron chi connectivity index (χ4n) is 1.75. The van der Waals surface area contributed by atoms with Crippen LogP contribution in [0, 0.1) is 10.1 Å². The Morgan fingerprint density at radius 2 is 2.12 bits per heavy atom. The smallest absolute Gasteiger partial charge is 0.269 e. The number of hydrogen-bond acceptors (Lipinski definition) is 4. The van der Waals surface area contributed by atoms with Gasteiger partial charge in [0.05, 0.1) is 4.92 Å². The Bertz CT molecular complexity index is 426. The minimum absolute atomic E-state index is 0.122. The van der Waals surface area contributed by atoms with Crippen LogP contribution in [0.3, 0.4) is 0 Å². The van der Waals surface area contributed by atoms with E-state index in [2.05, 4.69) is 16.7 Å². The topological polar surface area (TPSA) is 67.2 Å². The molecule has 5 nitrogen and oxygen atoms in total. The molecule has 90 valence electrons. The second-order valence-corrected chi connectivity index (χ2v) is 3.97. The Balaban J connectivity index is 1.90. The van der Waals surface area contributed by atoms with Crippen LogP contribution in [0.4, 0.5) is 11.4 Å². The molecule has 1 heterocycles. The maximum atomic E-state index is 10.5. The normalized spacial score (nSPS) is 15.2. The Labute approximate surface area is 99.7 Å². The highest BCUT2D eigenvalue weighted by Gasteiger charge is 2.05. The van der Waals surface area contributed by atoms with Crippen molar-refractivity contribution in [2.24, 2.45) is 0 Å². The molecule has 0 atom stereocenters. The SMILES string of the molecule is O=[N+]([O-])c1ccc(NCC2=CCNCC2)cc1. The van der Waals surface area contributed by atoms with E-state index in [-0.39, 0.29) is 10.6 Å². The highest BCUT2D eigenvalue weighted by Crippen LogP contribution is 2.16. The van der Waals surface area contributed by atoms with Crippen LogP contribution >= 0.6 is 0 Å². The summed E-state index contributed by atoms with van der Waals surface area (Å²) in [7, 11) is 0. The fourth-order valence-corrected chi connectivity index (χ4v) is 1.75. The van der Waals surface area contributed by atoms with Gasteiger partial charge in [0.25, 0.3) is 5.69 Å². The van der Waals surface area contributed by atoms with Gasteiger partial charge in [0.2, 0.25) is 0 Å². The van der Waals surface area contributed by atoms with Crippen molar-refractivity contribution in [3.63, 3.8) is 0 Å².